The molecular weight excluding hydrogens is 733 g/mol. The molecule has 0 saturated carbocycles. The summed E-state index contributed by atoms with van der Waals surface area (Å²) in [6.45, 7) is 4.19. The molecule has 2 atom stereocenters. The second-order valence-electron chi connectivity index (χ2n) is 13.8. The van der Waals surface area contributed by atoms with Gasteiger partial charge in [0.05, 0.1) is 34.5 Å². The molecule has 0 amide bonds. The van der Waals surface area contributed by atoms with Crippen molar-refractivity contribution in [1.29, 1.82) is 0 Å². The van der Waals surface area contributed by atoms with Crippen LogP contribution in [-0.4, -0.2) is 98.0 Å². The number of nitrogens with zero attached hydrogens (tertiary/aromatic N) is 13. The highest BCUT2D eigenvalue weighted by Gasteiger charge is 2.25. The van der Waals surface area contributed by atoms with E-state index in [1.54, 1.807) is 32.0 Å². The Kier molecular flexibility index (Phi) is 9.61. The van der Waals surface area contributed by atoms with Crippen LogP contribution in [0.3, 0.4) is 0 Å². The summed E-state index contributed by atoms with van der Waals surface area (Å²) >= 11 is 3.20. The van der Waals surface area contributed by atoms with E-state index in [-0.39, 0.29) is 0 Å². The molecule has 10 rings (SSSR count). The molecule has 8 aromatic heterocycles. The van der Waals surface area contributed by atoms with E-state index in [4.69, 9.17) is 9.97 Å². The summed E-state index contributed by atoms with van der Waals surface area (Å²) in [4.78, 5) is 20.8. The van der Waals surface area contributed by atoms with E-state index in [2.05, 4.69) is 68.5 Å². The molecule has 0 bridgehead atoms. The van der Waals surface area contributed by atoms with Crippen molar-refractivity contribution in [1.82, 2.24) is 70.1 Å². The first-order valence-electron chi connectivity index (χ1n) is 18.0. The minimum Gasteiger partial charge on any atom is -0.316 e. The van der Waals surface area contributed by atoms with Gasteiger partial charge in [-0.2, -0.15) is 10.2 Å². The molecule has 278 valence electrons. The van der Waals surface area contributed by atoms with E-state index in [1.807, 2.05) is 87.7 Å². The van der Waals surface area contributed by atoms with Crippen molar-refractivity contribution in [2.75, 3.05) is 43.9 Å². The largest absolute Gasteiger partial charge is 0.316 e. The maximum Gasteiger partial charge on any atom is 0.211 e. The molecule has 2 aliphatic rings. The van der Waals surface area contributed by atoms with Crippen LogP contribution >= 0.6 is 22.7 Å². The monoisotopic (exact) mass is 770 g/mol. The van der Waals surface area contributed by atoms with Gasteiger partial charge in [-0.25, -0.2) is 9.97 Å². The predicted molar refractivity (Wildman–Crippen MR) is 215 cm³/mol. The van der Waals surface area contributed by atoms with Gasteiger partial charge in [0.2, 0.25) is 10.3 Å². The van der Waals surface area contributed by atoms with Crippen molar-refractivity contribution in [2.24, 2.45) is 14.1 Å². The van der Waals surface area contributed by atoms with Crippen molar-refractivity contribution < 1.29 is 0 Å². The van der Waals surface area contributed by atoms with Crippen molar-refractivity contribution >= 4 is 66.6 Å². The minimum absolute atomic E-state index is 0.467. The number of pyridine rings is 4. The molecule has 10 heterocycles. The lowest BCUT2D eigenvalue weighted by Crippen LogP contribution is -2.13. The molecule has 2 aliphatic heterocycles. The first kappa shape index (κ1) is 34.9. The number of anilines is 4. The normalized spacial score (nSPS) is 17.1. The zero-order valence-corrected chi connectivity index (χ0v) is 32.1. The summed E-state index contributed by atoms with van der Waals surface area (Å²) in [5.41, 5.74) is 7.38. The number of rotatable bonds is 8. The number of hydrogen-bond donors (Lipinski definition) is 3. The predicted octanol–water partition coefficient (Wildman–Crippen LogP) is 5.75. The van der Waals surface area contributed by atoms with Crippen molar-refractivity contribution in [3.05, 3.63) is 83.6 Å². The van der Waals surface area contributed by atoms with Crippen LogP contribution < -0.4 is 16.0 Å². The Bertz CT molecular complexity index is 2590. The minimum atomic E-state index is 0.467. The van der Waals surface area contributed by atoms with Crippen LogP contribution in [0.15, 0.2) is 73.6 Å². The first-order valence-corrected chi connectivity index (χ1v) is 19.6. The summed E-state index contributed by atoms with van der Waals surface area (Å²) in [7, 11) is 5.95. The van der Waals surface area contributed by atoms with Gasteiger partial charge in [0, 0.05) is 86.1 Å². The molecule has 2 fully saturated rings. The van der Waals surface area contributed by atoms with Crippen LogP contribution in [0.1, 0.15) is 34.7 Å². The molecule has 0 radical (unpaired) electrons. The Balaban J connectivity index is 0.000000144. The second-order valence-corrected chi connectivity index (χ2v) is 15.8. The summed E-state index contributed by atoms with van der Waals surface area (Å²) < 4.78 is 3.55. The number of likely N-dealkylation sites (tertiary alicyclic amines) is 1. The zero-order valence-electron chi connectivity index (χ0n) is 30.5. The third-order valence-electron chi connectivity index (χ3n) is 9.65. The Labute approximate surface area is 324 Å². The van der Waals surface area contributed by atoms with Crippen LogP contribution in [0.25, 0.3) is 44.3 Å². The van der Waals surface area contributed by atoms with Crippen LogP contribution in [0, 0.1) is 0 Å². The molecule has 8 aromatic rings. The molecule has 0 aliphatic carbocycles. The fourth-order valence-electron chi connectivity index (χ4n) is 6.73. The molecule has 2 saturated heterocycles. The second kappa shape index (κ2) is 15.1. The third kappa shape index (κ3) is 7.88. The van der Waals surface area contributed by atoms with Crippen LogP contribution in [0.4, 0.5) is 21.9 Å². The van der Waals surface area contributed by atoms with E-state index in [0.29, 0.717) is 11.8 Å². The standard InChI is InChI=1S/C19H20N8S.C18H18N8S/c1-26-6-5-12(10-26)18-24-25-19(28-18)23-17-4-3-15-16(22-17)7-13(8-20-15)14-9-21-27(2)11-14;1-26-10-13(9-21-26)12-6-15-14(20-8-12)2-3-16(22-15)23-18-25-24-17(27-18)11-4-5-19-7-11/h3-4,7-9,11-12H,5-6,10H2,1-2H3,(H,22,23,25);2-3,6,8-11,19H,4-5,7H2,1H3,(H,22,23,25). The fourth-order valence-corrected chi connectivity index (χ4v) is 8.49. The van der Waals surface area contributed by atoms with Gasteiger partial charge in [-0.1, -0.05) is 22.7 Å². The number of aromatic nitrogens is 12. The lowest BCUT2D eigenvalue weighted by Gasteiger charge is -2.06. The molecule has 18 heteroatoms. The van der Waals surface area contributed by atoms with Crippen LogP contribution in [-0.2, 0) is 14.1 Å². The lowest BCUT2D eigenvalue weighted by molar-refractivity contribution is 0.411. The summed E-state index contributed by atoms with van der Waals surface area (Å²) in [5.74, 6) is 2.42. The quantitative estimate of drug-likeness (QED) is 0.170. The van der Waals surface area contributed by atoms with Crippen molar-refractivity contribution in [3.63, 3.8) is 0 Å². The van der Waals surface area contributed by atoms with Crippen LogP contribution in [0.2, 0.25) is 0 Å². The maximum atomic E-state index is 4.71. The zero-order chi connectivity index (χ0) is 37.3. The molecule has 0 aromatic carbocycles. The summed E-state index contributed by atoms with van der Waals surface area (Å²) in [6, 6.07) is 11.8. The SMILES string of the molecule is CN1CCC(c2nnc(Nc3ccc4ncc(-c5cnn(C)c5)cc4n3)s2)C1.Cn1cc(-c2cnc3ccc(Nc4nnc(C5CCNC5)s4)nc3c2)cn1. The Morgan fingerprint density at radius 3 is 1.67 bits per heavy atom. The Morgan fingerprint density at radius 1 is 0.636 bits per heavy atom. The van der Waals surface area contributed by atoms with Crippen molar-refractivity contribution in [3.8, 4) is 22.3 Å². The number of fused-ring (bicyclic) bond motifs is 2. The van der Waals surface area contributed by atoms with Gasteiger partial charge in [-0.3, -0.25) is 19.3 Å². The van der Waals surface area contributed by atoms with Crippen LogP contribution in [0.5, 0.6) is 0 Å². The van der Waals surface area contributed by atoms with E-state index in [0.717, 1.165) is 115 Å². The van der Waals surface area contributed by atoms with Crippen molar-refractivity contribution in [2.45, 2.75) is 24.7 Å². The number of hydrogen-bond acceptors (Lipinski definition) is 16. The average Bonchev–Trinajstić information content (AvgIpc) is 4.05. The van der Waals surface area contributed by atoms with Gasteiger partial charge in [0.25, 0.3) is 0 Å². The maximum absolute atomic E-state index is 4.71. The highest BCUT2D eigenvalue weighted by molar-refractivity contribution is 7.15. The molecule has 2 unspecified atom stereocenters. The highest BCUT2D eigenvalue weighted by atomic mass is 32.1. The fraction of sp³-hybridized carbons (Fsp3) is 0.297. The van der Waals surface area contributed by atoms with E-state index in [1.165, 1.54) is 0 Å². The van der Waals surface area contributed by atoms with E-state index < -0.39 is 0 Å². The topological polar surface area (TPSA) is 178 Å². The van der Waals surface area contributed by atoms with Gasteiger partial charge in [-0.15, -0.1) is 20.4 Å². The van der Waals surface area contributed by atoms with E-state index >= 15 is 0 Å². The number of likely N-dealkylation sites (N-methyl/N-ethyl adjacent to an activating group) is 1. The molecule has 3 N–H and O–H groups in total. The first-order chi connectivity index (χ1) is 26.9. The number of aryl methyl sites for hydroxylation is 2. The highest BCUT2D eigenvalue weighted by Crippen LogP contribution is 2.32. The average molecular weight is 771 g/mol. The Hall–Kier alpha value is -5.82. The van der Waals surface area contributed by atoms with Gasteiger partial charge < -0.3 is 20.9 Å². The lowest BCUT2D eigenvalue weighted by atomic mass is 10.1. The third-order valence-corrected chi connectivity index (χ3v) is 11.7. The van der Waals surface area contributed by atoms with E-state index in [9.17, 15) is 0 Å². The number of nitrogens with one attached hydrogen (secondary N) is 3. The summed E-state index contributed by atoms with van der Waals surface area (Å²) in [5, 5.41) is 39.3. The summed E-state index contributed by atoms with van der Waals surface area (Å²) in [6.07, 6.45) is 13.5. The van der Waals surface area contributed by atoms with Gasteiger partial charge in [-0.05, 0) is 69.4 Å². The molecular formula is C37H38N16S2. The van der Waals surface area contributed by atoms with Gasteiger partial charge in [0.1, 0.15) is 21.7 Å². The van der Waals surface area contributed by atoms with Gasteiger partial charge >= 0.3 is 0 Å². The smallest absolute Gasteiger partial charge is 0.211 e. The Morgan fingerprint density at radius 2 is 1.20 bits per heavy atom. The molecule has 55 heavy (non-hydrogen) atoms. The molecule has 16 nitrogen and oxygen atoms in total. The van der Waals surface area contributed by atoms with Gasteiger partial charge in [0.15, 0.2) is 0 Å². The molecule has 0 spiro atoms.